The van der Waals surface area contributed by atoms with Crippen molar-refractivity contribution in [1.82, 2.24) is 19.7 Å². The Balaban J connectivity index is 1.58. The maximum Gasteiger partial charge on any atom is 0.223 e. The molecule has 0 aliphatic heterocycles. The van der Waals surface area contributed by atoms with Gasteiger partial charge in [-0.05, 0) is 48.6 Å². The molecule has 140 valence electrons. The third kappa shape index (κ3) is 4.61. The third-order valence-electron chi connectivity index (χ3n) is 5.09. The second-order valence-corrected chi connectivity index (χ2v) is 6.78. The number of rotatable bonds is 7. The molecule has 0 N–H and O–H groups in total. The van der Waals surface area contributed by atoms with Gasteiger partial charge in [0.1, 0.15) is 12.7 Å². The number of hydrogen-bond donors (Lipinski definition) is 0. The van der Waals surface area contributed by atoms with E-state index in [2.05, 4.69) is 48.2 Å². The van der Waals surface area contributed by atoms with E-state index >= 15 is 0 Å². The second kappa shape index (κ2) is 8.62. The lowest BCUT2D eigenvalue weighted by molar-refractivity contribution is -0.131. The molecule has 0 radical (unpaired) electrons. The largest absolute Gasteiger partial charge is 0.339 e. The molecule has 5 nitrogen and oxygen atoms in total. The highest BCUT2D eigenvalue weighted by molar-refractivity contribution is 5.76. The Kier molecular flexibility index (Phi) is 6.01. The molecular formula is C22H26N4O. The number of aryl methyl sites for hydroxylation is 2. The summed E-state index contributed by atoms with van der Waals surface area (Å²) in [6.45, 7) is 4.20. The standard InChI is InChI=1S/C22H26N4O/c1-4-18-5-7-19(8-6-18)9-14-22(27)25(3)17(2)20-10-12-21(13-11-20)26-16-23-15-24-26/h5-8,10-13,15-17H,4,9,14H2,1-3H3. The van der Waals surface area contributed by atoms with Crippen molar-refractivity contribution in [2.75, 3.05) is 7.05 Å². The second-order valence-electron chi connectivity index (χ2n) is 6.78. The number of nitrogens with zero attached hydrogens (tertiary/aromatic N) is 4. The first-order valence-electron chi connectivity index (χ1n) is 9.37. The van der Waals surface area contributed by atoms with Crippen LogP contribution in [-0.2, 0) is 17.6 Å². The van der Waals surface area contributed by atoms with Crippen LogP contribution in [0.1, 0.15) is 43.0 Å². The third-order valence-corrected chi connectivity index (χ3v) is 5.09. The fraction of sp³-hybridized carbons (Fsp3) is 0.318. The molecule has 0 bridgehead atoms. The smallest absolute Gasteiger partial charge is 0.223 e. The summed E-state index contributed by atoms with van der Waals surface area (Å²) in [4.78, 5) is 18.4. The maximum absolute atomic E-state index is 12.6. The van der Waals surface area contributed by atoms with Crippen LogP contribution in [0.25, 0.3) is 5.69 Å². The Morgan fingerprint density at radius 3 is 2.33 bits per heavy atom. The van der Waals surface area contributed by atoms with Crippen LogP contribution in [0.3, 0.4) is 0 Å². The van der Waals surface area contributed by atoms with Crippen molar-refractivity contribution in [3.05, 3.63) is 77.9 Å². The van der Waals surface area contributed by atoms with Crippen molar-refractivity contribution in [2.45, 2.75) is 39.2 Å². The highest BCUT2D eigenvalue weighted by atomic mass is 16.2. The Morgan fingerprint density at radius 1 is 1.07 bits per heavy atom. The number of hydrogen-bond acceptors (Lipinski definition) is 3. The molecule has 27 heavy (non-hydrogen) atoms. The van der Waals surface area contributed by atoms with Crippen molar-refractivity contribution in [1.29, 1.82) is 0 Å². The van der Waals surface area contributed by atoms with Gasteiger partial charge in [-0.3, -0.25) is 4.79 Å². The Morgan fingerprint density at radius 2 is 1.74 bits per heavy atom. The highest BCUT2D eigenvalue weighted by Crippen LogP contribution is 2.21. The molecule has 1 heterocycles. The summed E-state index contributed by atoms with van der Waals surface area (Å²) in [5.74, 6) is 0.155. The Bertz CT molecular complexity index is 854. The zero-order valence-electron chi connectivity index (χ0n) is 16.2. The Labute approximate surface area is 160 Å². The number of aromatic nitrogens is 3. The van der Waals surface area contributed by atoms with Gasteiger partial charge in [0.15, 0.2) is 0 Å². The van der Waals surface area contributed by atoms with Crippen molar-refractivity contribution >= 4 is 5.91 Å². The monoisotopic (exact) mass is 362 g/mol. The summed E-state index contributed by atoms with van der Waals surface area (Å²) < 4.78 is 1.72. The zero-order chi connectivity index (χ0) is 19.2. The van der Waals surface area contributed by atoms with Crippen LogP contribution >= 0.6 is 0 Å². The van der Waals surface area contributed by atoms with E-state index in [-0.39, 0.29) is 11.9 Å². The number of carbonyl (C=O) groups is 1. The summed E-state index contributed by atoms with van der Waals surface area (Å²) in [5.41, 5.74) is 4.58. The first-order chi connectivity index (χ1) is 13.1. The van der Waals surface area contributed by atoms with Gasteiger partial charge in [0.25, 0.3) is 0 Å². The Hall–Kier alpha value is -2.95. The van der Waals surface area contributed by atoms with Crippen molar-refractivity contribution in [3.63, 3.8) is 0 Å². The van der Waals surface area contributed by atoms with E-state index in [0.717, 1.165) is 24.1 Å². The van der Waals surface area contributed by atoms with Crippen molar-refractivity contribution in [3.8, 4) is 5.69 Å². The fourth-order valence-electron chi connectivity index (χ4n) is 3.06. The van der Waals surface area contributed by atoms with Crippen LogP contribution in [0.2, 0.25) is 0 Å². The van der Waals surface area contributed by atoms with Gasteiger partial charge < -0.3 is 4.90 Å². The van der Waals surface area contributed by atoms with Crippen LogP contribution in [-0.4, -0.2) is 32.6 Å². The lowest BCUT2D eigenvalue weighted by Gasteiger charge is -2.25. The van der Waals surface area contributed by atoms with Gasteiger partial charge in [-0.2, -0.15) is 5.10 Å². The molecule has 0 fully saturated rings. The molecule has 2 aromatic carbocycles. The lowest BCUT2D eigenvalue weighted by atomic mass is 10.0. The number of carbonyl (C=O) groups excluding carboxylic acids is 1. The summed E-state index contributed by atoms with van der Waals surface area (Å²) >= 11 is 0. The predicted molar refractivity (Wildman–Crippen MR) is 107 cm³/mol. The van der Waals surface area contributed by atoms with Crippen LogP contribution in [0.5, 0.6) is 0 Å². The van der Waals surface area contributed by atoms with Gasteiger partial charge in [0, 0.05) is 13.5 Å². The first-order valence-corrected chi connectivity index (χ1v) is 9.37. The van der Waals surface area contributed by atoms with E-state index in [9.17, 15) is 4.79 Å². The molecule has 0 spiro atoms. The average Bonchev–Trinajstić information content (AvgIpc) is 3.26. The minimum absolute atomic E-state index is 0.0183. The topological polar surface area (TPSA) is 51.0 Å². The van der Waals surface area contributed by atoms with Gasteiger partial charge in [-0.1, -0.05) is 43.3 Å². The molecule has 0 aliphatic carbocycles. The molecular weight excluding hydrogens is 336 g/mol. The van der Waals surface area contributed by atoms with Crippen molar-refractivity contribution < 1.29 is 4.79 Å². The molecule has 1 aromatic heterocycles. The SMILES string of the molecule is CCc1ccc(CCC(=O)N(C)C(C)c2ccc(-n3cncn3)cc2)cc1. The number of amides is 1. The summed E-state index contributed by atoms with van der Waals surface area (Å²) in [5, 5.41) is 4.13. The average molecular weight is 362 g/mol. The minimum atomic E-state index is 0.0183. The van der Waals surface area contributed by atoms with E-state index in [1.165, 1.54) is 17.5 Å². The molecule has 3 aromatic rings. The lowest BCUT2D eigenvalue weighted by Crippen LogP contribution is -2.29. The highest BCUT2D eigenvalue weighted by Gasteiger charge is 2.17. The zero-order valence-corrected chi connectivity index (χ0v) is 16.2. The van der Waals surface area contributed by atoms with Crippen LogP contribution < -0.4 is 0 Å². The number of benzene rings is 2. The van der Waals surface area contributed by atoms with Crippen LogP contribution in [0.15, 0.2) is 61.2 Å². The van der Waals surface area contributed by atoms with Crippen LogP contribution in [0, 0.1) is 0 Å². The maximum atomic E-state index is 12.6. The molecule has 0 aliphatic rings. The van der Waals surface area contributed by atoms with Gasteiger partial charge in [-0.15, -0.1) is 0 Å². The van der Waals surface area contributed by atoms with Crippen molar-refractivity contribution in [2.24, 2.45) is 0 Å². The molecule has 0 saturated heterocycles. The van der Waals surface area contributed by atoms with E-state index < -0.39 is 0 Å². The van der Waals surface area contributed by atoms with E-state index in [4.69, 9.17) is 0 Å². The minimum Gasteiger partial charge on any atom is -0.339 e. The fourth-order valence-corrected chi connectivity index (χ4v) is 3.06. The van der Waals surface area contributed by atoms with Gasteiger partial charge in [0.05, 0.1) is 11.7 Å². The molecule has 3 rings (SSSR count). The van der Waals surface area contributed by atoms with E-state index in [0.29, 0.717) is 6.42 Å². The molecule has 1 unspecified atom stereocenters. The molecule has 5 heteroatoms. The molecule has 0 saturated carbocycles. The van der Waals surface area contributed by atoms with Gasteiger partial charge in [-0.25, -0.2) is 9.67 Å². The van der Waals surface area contributed by atoms with Gasteiger partial charge in [0.2, 0.25) is 5.91 Å². The normalized spacial score (nSPS) is 12.0. The summed E-state index contributed by atoms with van der Waals surface area (Å²) in [6, 6.07) is 16.6. The molecule has 1 amide bonds. The van der Waals surface area contributed by atoms with E-state index in [1.54, 1.807) is 11.0 Å². The first kappa shape index (κ1) is 18.8. The van der Waals surface area contributed by atoms with E-state index in [1.807, 2.05) is 36.2 Å². The summed E-state index contributed by atoms with van der Waals surface area (Å²) in [6.07, 6.45) is 5.50. The quantitative estimate of drug-likeness (QED) is 0.639. The summed E-state index contributed by atoms with van der Waals surface area (Å²) in [7, 11) is 1.87. The van der Waals surface area contributed by atoms with Crippen LogP contribution in [0.4, 0.5) is 0 Å². The predicted octanol–water partition coefficient (Wildman–Crippen LogP) is 3.98. The van der Waals surface area contributed by atoms with Gasteiger partial charge >= 0.3 is 0 Å². The molecule has 1 atom stereocenters.